The smallest absolute Gasteiger partial charge is 0.339 e. The second-order valence-electron chi connectivity index (χ2n) is 8.27. The number of carbonyl (C=O) groups is 2. The van der Waals surface area contributed by atoms with E-state index in [1.165, 1.54) is 0 Å². The minimum absolute atomic E-state index is 0.190. The Labute approximate surface area is 181 Å². The van der Waals surface area contributed by atoms with Gasteiger partial charge in [0, 0.05) is 48.4 Å². The molecule has 2 aromatic carbocycles. The number of carbonyl (C=O) groups excluding carboxylic acids is 2. The number of nitrogens with zero attached hydrogens (tertiary/aromatic N) is 3. The van der Waals surface area contributed by atoms with Gasteiger partial charge in [0.15, 0.2) is 6.61 Å². The topological polar surface area (TPSA) is 62.7 Å². The number of anilines is 1. The predicted molar refractivity (Wildman–Crippen MR) is 119 cm³/mol. The van der Waals surface area contributed by atoms with Gasteiger partial charge in [-0.15, -0.1) is 0 Å². The SMILES string of the molecule is CN1CCc2nc3ccccc3c(C(=O)OCC(=O)N3CCCc4ccccc43)c2C1. The molecule has 3 heterocycles. The lowest BCUT2D eigenvalue weighted by molar-refractivity contribution is -0.121. The molecule has 0 bridgehead atoms. The number of pyridine rings is 1. The van der Waals surface area contributed by atoms with E-state index >= 15 is 0 Å². The molecular formula is C25H25N3O3. The molecule has 2 aliphatic rings. The van der Waals surface area contributed by atoms with Crippen LogP contribution in [-0.2, 0) is 28.9 Å². The number of fused-ring (bicyclic) bond motifs is 3. The summed E-state index contributed by atoms with van der Waals surface area (Å²) in [5.74, 6) is -0.645. The maximum atomic E-state index is 13.2. The summed E-state index contributed by atoms with van der Waals surface area (Å²) >= 11 is 0. The lowest BCUT2D eigenvalue weighted by Gasteiger charge is -2.29. The fourth-order valence-corrected chi connectivity index (χ4v) is 4.63. The van der Waals surface area contributed by atoms with E-state index in [9.17, 15) is 9.59 Å². The first-order chi connectivity index (χ1) is 15.1. The van der Waals surface area contributed by atoms with Gasteiger partial charge in [-0.05, 0) is 37.6 Å². The van der Waals surface area contributed by atoms with E-state index in [1.807, 2.05) is 55.6 Å². The number of benzene rings is 2. The molecule has 0 saturated carbocycles. The van der Waals surface area contributed by atoms with Gasteiger partial charge in [-0.2, -0.15) is 0 Å². The average Bonchev–Trinajstić information content (AvgIpc) is 2.80. The van der Waals surface area contributed by atoms with Crippen LogP contribution < -0.4 is 4.90 Å². The summed E-state index contributed by atoms with van der Waals surface area (Å²) < 4.78 is 5.59. The van der Waals surface area contributed by atoms with Crippen molar-refractivity contribution in [1.29, 1.82) is 0 Å². The Balaban J connectivity index is 1.41. The minimum atomic E-state index is -0.455. The van der Waals surface area contributed by atoms with Crippen LogP contribution in [-0.4, -0.2) is 48.5 Å². The summed E-state index contributed by atoms with van der Waals surface area (Å²) in [5.41, 5.74) is 5.26. The van der Waals surface area contributed by atoms with Crippen molar-refractivity contribution >= 4 is 28.5 Å². The maximum absolute atomic E-state index is 13.2. The van der Waals surface area contributed by atoms with Gasteiger partial charge in [0.2, 0.25) is 0 Å². The minimum Gasteiger partial charge on any atom is -0.452 e. The van der Waals surface area contributed by atoms with E-state index in [0.29, 0.717) is 18.7 Å². The molecule has 31 heavy (non-hydrogen) atoms. The highest BCUT2D eigenvalue weighted by molar-refractivity contribution is 6.06. The van der Waals surface area contributed by atoms with Crippen LogP contribution in [0.1, 0.15) is 33.6 Å². The molecule has 0 unspecified atom stereocenters. The molecule has 5 rings (SSSR count). The Bertz CT molecular complexity index is 1170. The Hall–Kier alpha value is -3.25. The van der Waals surface area contributed by atoms with Crippen LogP contribution in [0.4, 0.5) is 5.69 Å². The van der Waals surface area contributed by atoms with E-state index in [1.54, 1.807) is 4.90 Å². The second kappa shape index (κ2) is 8.12. The van der Waals surface area contributed by atoms with Gasteiger partial charge in [0.1, 0.15) is 0 Å². The number of hydrogen-bond donors (Lipinski definition) is 0. The third-order valence-electron chi connectivity index (χ3n) is 6.18. The summed E-state index contributed by atoms with van der Waals surface area (Å²) in [5, 5.41) is 0.775. The molecule has 6 heteroatoms. The highest BCUT2D eigenvalue weighted by Crippen LogP contribution is 2.29. The number of aryl methyl sites for hydroxylation is 1. The van der Waals surface area contributed by atoms with Crippen LogP contribution in [0.3, 0.4) is 0 Å². The zero-order chi connectivity index (χ0) is 21.4. The number of hydrogen-bond acceptors (Lipinski definition) is 5. The fraction of sp³-hybridized carbons (Fsp3) is 0.320. The van der Waals surface area contributed by atoms with Gasteiger partial charge in [0.05, 0.1) is 11.1 Å². The van der Waals surface area contributed by atoms with Gasteiger partial charge in [-0.3, -0.25) is 9.78 Å². The van der Waals surface area contributed by atoms with E-state index < -0.39 is 5.97 Å². The largest absolute Gasteiger partial charge is 0.452 e. The molecule has 0 atom stereocenters. The number of esters is 1. The number of rotatable bonds is 3. The highest BCUT2D eigenvalue weighted by Gasteiger charge is 2.27. The molecule has 6 nitrogen and oxygen atoms in total. The van der Waals surface area contributed by atoms with Crippen molar-refractivity contribution in [3.8, 4) is 0 Å². The highest BCUT2D eigenvalue weighted by atomic mass is 16.5. The molecule has 0 aliphatic carbocycles. The van der Waals surface area contributed by atoms with Crippen molar-refractivity contribution < 1.29 is 14.3 Å². The van der Waals surface area contributed by atoms with Crippen molar-refractivity contribution in [2.24, 2.45) is 0 Å². The summed E-state index contributed by atoms with van der Waals surface area (Å²) in [6.07, 6.45) is 2.66. The Morgan fingerprint density at radius 1 is 1.03 bits per heavy atom. The molecule has 2 aliphatic heterocycles. The third-order valence-corrected chi connectivity index (χ3v) is 6.18. The lowest BCUT2D eigenvalue weighted by atomic mass is 9.96. The fourth-order valence-electron chi connectivity index (χ4n) is 4.63. The summed E-state index contributed by atoms with van der Waals surface area (Å²) in [7, 11) is 2.03. The number of ether oxygens (including phenoxy) is 1. The molecule has 0 N–H and O–H groups in total. The molecule has 3 aromatic rings. The summed E-state index contributed by atoms with van der Waals surface area (Å²) in [6.45, 7) is 1.92. The standard InChI is InChI=1S/C25H25N3O3/c1-27-14-12-21-19(15-27)24(18-9-3-4-10-20(18)26-21)25(30)31-16-23(29)28-13-6-8-17-7-2-5-11-22(17)28/h2-5,7,9-11H,6,8,12-16H2,1H3. The monoisotopic (exact) mass is 415 g/mol. The predicted octanol–water partition coefficient (Wildman–Crippen LogP) is 3.36. The van der Waals surface area contributed by atoms with Crippen LogP contribution in [0, 0.1) is 0 Å². The first-order valence-electron chi connectivity index (χ1n) is 10.8. The molecule has 0 saturated heterocycles. The van der Waals surface area contributed by atoms with Crippen molar-refractivity contribution in [2.45, 2.75) is 25.8 Å². The Kier molecular flexibility index (Phi) is 5.16. The maximum Gasteiger partial charge on any atom is 0.339 e. The van der Waals surface area contributed by atoms with Crippen LogP contribution in [0.5, 0.6) is 0 Å². The Morgan fingerprint density at radius 3 is 2.74 bits per heavy atom. The zero-order valence-electron chi connectivity index (χ0n) is 17.6. The zero-order valence-corrected chi connectivity index (χ0v) is 17.6. The van der Waals surface area contributed by atoms with Crippen LogP contribution in [0.25, 0.3) is 10.9 Å². The van der Waals surface area contributed by atoms with Gasteiger partial charge in [-0.1, -0.05) is 36.4 Å². The number of aromatic nitrogens is 1. The second-order valence-corrected chi connectivity index (χ2v) is 8.27. The number of amides is 1. The van der Waals surface area contributed by atoms with E-state index in [0.717, 1.165) is 59.2 Å². The third kappa shape index (κ3) is 3.68. The summed E-state index contributed by atoms with van der Waals surface area (Å²) in [6, 6.07) is 15.6. The van der Waals surface area contributed by atoms with Gasteiger partial charge >= 0.3 is 5.97 Å². The van der Waals surface area contributed by atoms with Crippen LogP contribution in [0.2, 0.25) is 0 Å². The first kappa shape index (κ1) is 19.7. The molecule has 0 fully saturated rings. The quantitative estimate of drug-likeness (QED) is 0.614. The molecule has 1 amide bonds. The molecule has 0 radical (unpaired) electrons. The van der Waals surface area contributed by atoms with Gasteiger partial charge < -0.3 is 14.5 Å². The normalized spacial score (nSPS) is 16.0. The van der Waals surface area contributed by atoms with Crippen molar-refractivity contribution in [3.05, 3.63) is 70.9 Å². The van der Waals surface area contributed by atoms with E-state index in [2.05, 4.69) is 4.90 Å². The lowest BCUT2D eigenvalue weighted by Crippen LogP contribution is -2.38. The van der Waals surface area contributed by atoms with Gasteiger partial charge in [-0.25, -0.2) is 4.79 Å². The van der Waals surface area contributed by atoms with E-state index in [4.69, 9.17) is 9.72 Å². The Morgan fingerprint density at radius 2 is 1.84 bits per heavy atom. The van der Waals surface area contributed by atoms with Crippen LogP contribution in [0.15, 0.2) is 48.5 Å². The van der Waals surface area contributed by atoms with Crippen LogP contribution >= 0.6 is 0 Å². The van der Waals surface area contributed by atoms with Crippen molar-refractivity contribution in [1.82, 2.24) is 9.88 Å². The first-order valence-corrected chi connectivity index (χ1v) is 10.8. The van der Waals surface area contributed by atoms with Crippen molar-refractivity contribution in [2.75, 3.05) is 31.6 Å². The summed E-state index contributed by atoms with van der Waals surface area (Å²) in [4.78, 5) is 34.8. The number of para-hydroxylation sites is 2. The molecule has 0 spiro atoms. The molecule has 158 valence electrons. The molecule has 1 aromatic heterocycles. The van der Waals surface area contributed by atoms with E-state index in [-0.39, 0.29) is 12.5 Å². The number of likely N-dealkylation sites (N-methyl/N-ethyl adjacent to an activating group) is 1. The van der Waals surface area contributed by atoms with Gasteiger partial charge in [0.25, 0.3) is 5.91 Å². The van der Waals surface area contributed by atoms with Crippen molar-refractivity contribution in [3.63, 3.8) is 0 Å². The molecular weight excluding hydrogens is 390 g/mol. The average molecular weight is 415 g/mol.